The summed E-state index contributed by atoms with van der Waals surface area (Å²) in [5.41, 5.74) is 4.41. The molecule has 2 atom stereocenters. The summed E-state index contributed by atoms with van der Waals surface area (Å²) < 4.78 is 0. The van der Waals surface area contributed by atoms with Crippen LogP contribution in [0.25, 0.3) is 11.0 Å². The summed E-state index contributed by atoms with van der Waals surface area (Å²) in [5.74, 6) is 1.33. The Bertz CT molecular complexity index is 1130. The van der Waals surface area contributed by atoms with Gasteiger partial charge < -0.3 is 14.8 Å². The number of nitrogens with zero attached hydrogens (tertiary/aromatic N) is 3. The molecule has 0 saturated carbocycles. The van der Waals surface area contributed by atoms with Crippen LogP contribution in [0.4, 0.5) is 0 Å². The molecule has 2 aliphatic heterocycles. The zero-order valence-corrected chi connectivity index (χ0v) is 18.8. The van der Waals surface area contributed by atoms with Gasteiger partial charge in [0.1, 0.15) is 5.82 Å². The van der Waals surface area contributed by atoms with Gasteiger partial charge in [-0.2, -0.15) is 0 Å². The van der Waals surface area contributed by atoms with Gasteiger partial charge in [-0.25, -0.2) is 4.98 Å². The maximum Gasteiger partial charge on any atom is 0.227 e. The van der Waals surface area contributed by atoms with Crippen molar-refractivity contribution in [1.82, 2.24) is 19.8 Å². The fraction of sp³-hybridized carbons (Fsp3) is 0.423. The van der Waals surface area contributed by atoms with E-state index >= 15 is 0 Å². The predicted octanol–water partition coefficient (Wildman–Crippen LogP) is 4.19. The molecule has 2 unspecified atom stereocenters. The summed E-state index contributed by atoms with van der Waals surface area (Å²) in [5, 5.41) is 0. The number of amides is 2. The minimum Gasteiger partial charge on any atom is -0.342 e. The highest BCUT2D eigenvalue weighted by Gasteiger charge is 2.39. The molecule has 166 valence electrons. The predicted molar refractivity (Wildman–Crippen MR) is 124 cm³/mol. The Morgan fingerprint density at radius 1 is 1.12 bits per heavy atom. The molecule has 0 radical (unpaired) electrons. The number of hydrogen-bond acceptors (Lipinski definition) is 3. The van der Waals surface area contributed by atoms with Gasteiger partial charge in [-0.1, -0.05) is 36.4 Å². The molecule has 1 N–H and O–H groups in total. The van der Waals surface area contributed by atoms with Crippen LogP contribution in [-0.4, -0.2) is 51.2 Å². The lowest BCUT2D eigenvalue weighted by molar-refractivity contribution is -0.136. The van der Waals surface area contributed by atoms with Crippen LogP contribution < -0.4 is 0 Å². The molecule has 2 aliphatic rings. The topological polar surface area (TPSA) is 69.3 Å². The summed E-state index contributed by atoms with van der Waals surface area (Å²) in [6.07, 6.45) is 2.11. The van der Waals surface area contributed by atoms with Crippen LogP contribution in [0.2, 0.25) is 0 Å². The second-order valence-electron chi connectivity index (χ2n) is 9.28. The van der Waals surface area contributed by atoms with Gasteiger partial charge in [0.2, 0.25) is 11.8 Å². The van der Waals surface area contributed by atoms with Crippen LogP contribution in [0.3, 0.4) is 0 Å². The number of nitrogens with one attached hydrogen (secondary N) is 1. The first-order valence-corrected chi connectivity index (χ1v) is 11.6. The molecule has 2 saturated heterocycles. The number of imidazole rings is 1. The smallest absolute Gasteiger partial charge is 0.227 e. The second-order valence-corrected chi connectivity index (χ2v) is 9.28. The molecule has 32 heavy (non-hydrogen) atoms. The molecule has 0 spiro atoms. The number of fused-ring (bicyclic) bond motifs is 1. The van der Waals surface area contributed by atoms with Crippen LogP contribution in [0, 0.1) is 12.8 Å². The highest BCUT2D eigenvalue weighted by Crippen LogP contribution is 2.32. The number of aromatic nitrogens is 2. The van der Waals surface area contributed by atoms with E-state index in [1.807, 2.05) is 47.1 Å². The number of likely N-dealkylation sites (tertiary alicyclic amines) is 2. The summed E-state index contributed by atoms with van der Waals surface area (Å²) >= 11 is 0. The maximum absolute atomic E-state index is 13.2. The number of aromatic amines is 1. The highest BCUT2D eigenvalue weighted by molar-refractivity contribution is 5.89. The van der Waals surface area contributed by atoms with E-state index in [9.17, 15) is 9.59 Å². The number of hydrogen-bond donors (Lipinski definition) is 1. The zero-order chi connectivity index (χ0) is 22.2. The highest BCUT2D eigenvalue weighted by atomic mass is 16.2. The number of H-pyrrole nitrogens is 1. The van der Waals surface area contributed by atoms with Gasteiger partial charge in [0, 0.05) is 32.0 Å². The SMILES string of the molecule is Cc1ccc2nc(C3CCN(C(=O)C4CC(=O)N(C(C)c5ccccc5)C4)CC3)[nH]c2c1. The zero-order valence-electron chi connectivity index (χ0n) is 18.8. The quantitative estimate of drug-likeness (QED) is 0.675. The van der Waals surface area contributed by atoms with Crippen molar-refractivity contribution in [2.75, 3.05) is 19.6 Å². The third kappa shape index (κ3) is 3.90. The van der Waals surface area contributed by atoms with E-state index in [4.69, 9.17) is 4.98 Å². The van der Waals surface area contributed by atoms with E-state index < -0.39 is 0 Å². The monoisotopic (exact) mass is 430 g/mol. The van der Waals surface area contributed by atoms with Gasteiger partial charge >= 0.3 is 0 Å². The molecular formula is C26H30N4O2. The number of benzene rings is 2. The van der Waals surface area contributed by atoms with Crippen molar-refractivity contribution in [2.24, 2.45) is 5.92 Å². The van der Waals surface area contributed by atoms with E-state index in [-0.39, 0.29) is 23.8 Å². The molecule has 3 aromatic rings. The van der Waals surface area contributed by atoms with Crippen LogP contribution in [0.1, 0.15) is 55.1 Å². The van der Waals surface area contributed by atoms with Crippen molar-refractivity contribution < 1.29 is 9.59 Å². The average molecular weight is 431 g/mol. The Morgan fingerprint density at radius 2 is 1.88 bits per heavy atom. The lowest BCUT2D eigenvalue weighted by Crippen LogP contribution is -2.42. The largest absolute Gasteiger partial charge is 0.342 e. The van der Waals surface area contributed by atoms with Crippen molar-refractivity contribution in [3.05, 3.63) is 65.5 Å². The Kier molecular flexibility index (Phi) is 5.45. The van der Waals surface area contributed by atoms with Crippen molar-refractivity contribution in [1.29, 1.82) is 0 Å². The van der Waals surface area contributed by atoms with Crippen LogP contribution in [-0.2, 0) is 9.59 Å². The number of piperidine rings is 1. The van der Waals surface area contributed by atoms with Crippen LogP contribution in [0.15, 0.2) is 48.5 Å². The number of rotatable bonds is 4. The van der Waals surface area contributed by atoms with E-state index in [1.54, 1.807) is 0 Å². The van der Waals surface area contributed by atoms with E-state index in [0.717, 1.165) is 48.4 Å². The van der Waals surface area contributed by atoms with Gasteiger partial charge in [-0.05, 0) is 49.9 Å². The van der Waals surface area contributed by atoms with Gasteiger partial charge in [0.05, 0.1) is 23.0 Å². The number of carbonyl (C=O) groups is 2. The Morgan fingerprint density at radius 3 is 2.62 bits per heavy atom. The van der Waals surface area contributed by atoms with Gasteiger partial charge in [-0.15, -0.1) is 0 Å². The van der Waals surface area contributed by atoms with E-state index in [1.165, 1.54) is 5.56 Å². The molecular weight excluding hydrogens is 400 g/mol. The lowest BCUT2D eigenvalue weighted by atomic mass is 9.95. The van der Waals surface area contributed by atoms with Crippen LogP contribution in [0.5, 0.6) is 0 Å². The summed E-state index contributed by atoms with van der Waals surface area (Å²) in [6.45, 7) is 6.08. The molecule has 3 heterocycles. The van der Waals surface area contributed by atoms with Gasteiger partial charge in [-0.3, -0.25) is 9.59 Å². The fourth-order valence-corrected chi connectivity index (χ4v) is 5.15. The van der Waals surface area contributed by atoms with E-state index in [2.05, 4.69) is 30.1 Å². The molecule has 0 aliphatic carbocycles. The van der Waals surface area contributed by atoms with Crippen molar-refractivity contribution in [3.8, 4) is 0 Å². The Hall–Kier alpha value is -3.15. The molecule has 2 aromatic carbocycles. The maximum atomic E-state index is 13.2. The van der Waals surface area contributed by atoms with Gasteiger partial charge in [0.25, 0.3) is 0 Å². The first kappa shape index (κ1) is 20.7. The minimum absolute atomic E-state index is 0.0102. The Labute approximate surface area is 188 Å². The third-order valence-electron chi connectivity index (χ3n) is 7.11. The summed E-state index contributed by atoms with van der Waals surface area (Å²) in [4.78, 5) is 38.0. The molecule has 6 heteroatoms. The number of aryl methyl sites for hydroxylation is 1. The van der Waals surface area contributed by atoms with E-state index in [0.29, 0.717) is 18.9 Å². The Balaban J connectivity index is 1.20. The van der Waals surface area contributed by atoms with Crippen molar-refractivity contribution in [2.45, 2.75) is 45.1 Å². The molecule has 2 fully saturated rings. The lowest BCUT2D eigenvalue weighted by Gasteiger charge is -2.33. The van der Waals surface area contributed by atoms with Crippen molar-refractivity contribution in [3.63, 3.8) is 0 Å². The molecule has 6 nitrogen and oxygen atoms in total. The van der Waals surface area contributed by atoms with Crippen LogP contribution >= 0.6 is 0 Å². The van der Waals surface area contributed by atoms with Gasteiger partial charge in [0.15, 0.2) is 0 Å². The average Bonchev–Trinajstić information content (AvgIpc) is 3.42. The fourth-order valence-electron chi connectivity index (χ4n) is 5.15. The molecule has 1 aromatic heterocycles. The summed E-state index contributed by atoms with van der Waals surface area (Å²) in [6, 6.07) is 16.3. The molecule has 5 rings (SSSR count). The normalized spacial score (nSPS) is 20.8. The minimum atomic E-state index is -0.237. The molecule has 2 amide bonds. The first-order chi connectivity index (χ1) is 15.5. The second kappa shape index (κ2) is 8.41. The summed E-state index contributed by atoms with van der Waals surface area (Å²) in [7, 11) is 0. The molecule has 0 bridgehead atoms. The number of carbonyl (C=O) groups excluding carboxylic acids is 2. The third-order valence-corrected chi connectivity index (χ3v) is 7.11. The van der Waals surface area contributed by atoms with Crippen molar-refractivity contribution >= 4 is 22.8 Å². The standard InChI is InChI=1S/C26H30N4O2/c1-17-8-9-22-23(14-17)28-25(27-22)20-10-12-29(13-11-20)26(32)21-15-24(31)30(16-21)18(2)19-6-4-3-5-7-19/h3-9,14,18,20-21H,10-13,15-16H2,1-2H3,(H,27,28). The first-order valence-electron chi connectivity index (χ1n) is 11.6.